The first kappa shape index (κ1) is 21.9. The first-order chi connectivity index (χ1) is 14.3. The van der Waals surface area contributed by atoms with Crippen LogP contribution in [0.4, 0.5) is 5.69 Å². The van der Waals surface area contributed by atoms with E-state index in [0.29, 0.717) is 26.5 Å². The number of hydrogen-bond donors (Lipinski definition) is 1. The molecule has 0 aliphatic carbocycles. The van der Waals surface area contributed by atoms with Crippen molar-refractivity contribution in [2.75, 3.05) is 18.2 Å². The number of benzene rings is 2. The van der Waals surface area contributed by atoms with Crippen LogP contribution >= 0.6 is 27.5 Å². The minimum absolute atomic E-state index is 0.0780. The van der Waals surface area contributed by atoms with Gasteiger partial charge in [0.2, 0.25) is 0 Å². The Morgan fingerprint density at radius 1 is 1.23 bits per heavy atom. The maximum atomic E-state index is 12.9. The Hall–Kier alpha value is -2.84. The predicted octanol–water partition coefficient (Wildman–Crippen LogP) is 3.81. The second kappa shape index (κ2) is 9.32. The number of hydrogen-bond acceptors (Lipinski definition) is 5. The van der Waals surface area contributed by atoms with Gasteiger partial charge in [-0.15, -0.1) is 0 Å². The van der Waals surface area contributed by atoms with E-state index in [-0.39, 0.29) is 18.8 Å². The molecule has 0 bridgehead atoms. The molecule has 30 heavy (non-hydrogen) atoms. The SMILES string of the molecule is CCOC(=O)COc1ccc(Br)cc1/C=C1/C(=O)NN(c2ccc(C)c(Cl)c2)C1=O. The van der Waals surface area contributed by atoms with Gasteiger partial charge in [0.1, 0.15) is 11.3 Å². The minimum atomic E-state index is -0.562. The molecule has 2 amide bonds. The second-order valence-corrected chi connectivity index (χ2v) is 7.67. The van der Waals surface area contributed by atoms with Gasteiger partial charge >= 0.3 is 5.97 Å². The third kappa shape index (κ3) is 4.83. The first-order valence-corrected chi connectivity index (χ1v) is 10.2. The zero-order valence-electron chi connectivity index (χ0n) is 16.2. The number of halogens is 2. The lowest BCUT2D eigenvalue weighted by molar-refractivity contribution is -0.145. The summed E-state index contributed by atoms with van der Waals surface area (Å²) in [6.07, 6.45) is 1.42. The largest absolute Gasteiger partial charge is 0.481 e. The highest BCUT2D eigenvalue weighted by Crippen LogP contribution is 2.29. The van der Waals surface area contributed by atoms with Gasteiger partial charge in [-0.05, 0) is 55.8 Å². The molecule has 7 nitrogen and oxygen atoms in total. The second-order valence-electron chi connectivity index (χ2n) is 6.35. The monoisotopic (exact) mass is 492 g/mol. The maximum absolute atomic E-state index is 12.9. The normalized spacial score (nSPS) is 14.8. The summed E-state index contributed by atoms with van der Waals surface area (Å²) in [7, 11) is 0. The van der Waals surface area contributed by atoms with E-state index in [1.807, 2.05) is 6.92 Å². The summed E-state index contributed by atoms with van der Waals surface area (Å²) >= 11 is 9.50. The molecule has 2 aromatic rings. The smallest absolute Gasteiger partial charge is 0.344 e. The van der Waals surface area contributed by atoms with Gasteiger partial charge in [0.25, 0.3) is 11.8 Å². The number of aryl methyl sites for hydroxylation is 1. The van der Waals surface area contributed by atoms with Crippen molar-refractivity contribution >= 4 is 57.1 Å². The molecule has 9 heteroatoms. The fourth-order valence-electron chi connectivity index (χ4n) is 2.72. The fourth-order valence-corrected chi connectivity index (χ4v) is 3.27. The molecule has 2 aromatic carbocycles. The Bertz CT molecular complexity index is 1050. The van der Waals surface area contributed by atoms with Gasteiger partial charge in [-0.2, -0.15) is 0 Å². The van der Waals surface area contributed by atoms with E-state index in [4.69, 9.17) is 21.1 Å². The molecular weight excluding hydrogens is 476 g/mol. The van der Waals surface area contributed by atoms with Crippen molar-refractivity contribution < 1.29 is 23.9 Å². The number of esters is 1. The molecule has 0 radical (unpaired) electrons. The number of nitrogens with one attached hydrogen (secondary N) is 1. The van der Waals surface area contributed by atoms with E-state index >= 15 is 0 Å². The lowest BCUT2D eigenvalue weighted by Gasteiger charge is -2.15. The van der Waals surface area contributed by atoms with Crippen molar-refractivity contribution in [3.8, 4) is 5.75 Å². The zero-order chi connectivity index (χ0) is 21.8. The van der Waals surface area contributed by atoms with Crippen molar-refractivity contribution in [2.45, 2.75) is 13.8 Å². The van der Waals surface area contributed by atoms with Crippen LogP contribution in [-0.4, -0.2) is 31.0 Å². The van der Waals surface area contributed by atoms with Crippen molar-refractivity contribution in [3.05, 3.63) is 62.6 Å². The van der Waals surface area contributed by atoms with Crippen LogP contribution in [0.3, 0.4) is 0 Å². The molecule has 1 aliphatic rings. The van der Waals surface area contributed by atoms with E-state index < -0.39 is 17.8 Å². The van der Waals surface area contributed by atoms with Gasteiger partial charge in [-0.25, -0.2) is 9.80 Å². The van der Waals surface area contributed by atoms with Crippen molar-refractivity contribution in [1.82, 2.24) is 5.43 Å². The molecule has 0 spiro atoms. The molecule has 0 atom stereocenters. The quantitative estimate of drug-likeness (QED) is 0.376. The van der Waals surface area contributed by atoms with Gasteiger partial charge in [0.15, 0.2) is 6.61 Å². The van der Waals surface area contributed by atoms with Crippen LogP contribution in [0, 0.1) is 6.92 Å². The van der Waals surface area contributed by atoms with Crippen LogP contribution in [0.2, 0.25) is 5.02 Å². The third-order valence-corrected chi connectivity index (χ3v) is 5.13. The number of ether oxygens (including phenoxy) is 2. The van der Waals surface area contributed by atoms with Crippen LogP contribution in [0.5, 0.6) is 5.75 Å². The lowest BCUT2D eigenvalue weighted by atomic mass is 10.1. The van der Waals surface area contributed by atoms with E-state index in [2.05, 4.69) is 21.4 Å². The third-order valence-electron chi connectivity index (χ3n) is 4.23. The molecule has 156 valence electrons. The van der Waals surface area contributed by atoms with Gasteiger partial charge in [0, 0.05) is 15.1 Å². The average Bonchev–Trinajstić information content (AvgIpc) is 2.98. The highest BCUT2D eigenvalue weighted by Gasteiger charge is 2.34. The van der Waals surface area contributed by atoms with E-state index in [9.17, 15) is 14.4 Å². The van der Waals surface area contributed by atoms with Crippen molar-refractivity contribution in [2.24, 2.45) is 0 Å². The van der Waals surface area contributed by atoms with Gasteiger partial charge in [-0.1, -0.05) is 33.6 Å². The molecule has 1 heterocycles. The minimum Gasteiger partial charge on any atom is -0.481 e. The molecule has 1 aliphatic heterocycles. The maximum Gasteiger partial charge on any atom is 0.344 e. The summed E-state index contributed by atoms with van der Waals surface area (Å²) in [6.45, 7) is 3.49. The lowest BCUT2D eigenvalue weighted by Crippen LogP contribution is -2.35. The molecule has 0 aromatic heterocycles. The van der Waals surface area contributed by atoms with E-state index in [1.165, 1.54) is 6.08 Å². The number of amides is 2. The Balaban J connectivity index is 1.89. The molecule has 1 N–H and O–H groups in total. The van der Waals surface area contributed by atoms with Crippen LogP contribution in [0.1, 0.15) is 18.1 Å². The van der Waals surface area contributed by atoms with Crippen LogP contribution < -0.4 is 15.2 Å². The van der Waals surface area contributed by atoms with Gasteiger partial charge in [-0.3, -0.25) is 15.0 Å². The van der Waals surface area contributed by atoms with Gasteiger partial charge in [0.05, 0.1) is 12.3 Å². The Morgan fingerprint density at radius 3 is 2.70 bits per heavy atom. The van der Waals surface area contributed by atoms with E-state index in [0.717, 1.165) is 10.6 Å². The summed E-state index contributed by atoms with van der Waals surface area (Å²) in [4.78, 5) is 36.9. The fraction of sp³-hybridized carbons (Fsp3) is 0.190. The number of nitrogens with zero attached hydrogens (tertiary/aromatic N) is 1. The molecule has 0 saturated carbocycles. The molecule has 0 unspecified atom stereocenters. The number of rotatable bonds is 6. The predicted molar refractivity (Wildman–Crippen MR) is 116 cm³/mol. The Kier molecular flexibility index (Phi) is 6.79. The molecular formula is C21H18BrClN2O5. The van der Waals surface area contributed by atoms with Crippen LogP contribution in [-0.2, 0) is 19.1 Å². The Labute approximate surface area is 186 Å². The number of hydrazine groups is 1. The summed E-state index contributed by atoms with van der Waals surface area (Å²) in [5, 5.41) is 1.62. The van der Waals surface area contributed by atoms with E-state index in [1.54, 1.807) is 43.3 Å². The summed E-state index contributed by atoms with van der Waals surface area (Å²) in [5.74, 6) is -1.28. The number of carbonyl (C=O) groups is 3. The zero-order valence-corrected chi connectivity index (χ0v) is 18.5. The molecule has 3 rings (SSSR count). The molecule has 1 fully saturated rings. The van der Waals surface area contributed by atoms with Crippen molar-refractivity contribution in [1.29, 1.82) is 0 Å². The topological polar surface area (TPSA) is 84.9 Å². The van der Waals surface area contributed by atoms with Crippen molar-refractivity contribution in [3.63, 3.8) is 0 Å². The summed E-state index contributed by atoms with van der Waals surface area (Å²) < 4.78 is 11.1. The van der Waals surface area contributed by atoms with Crippen LogP contribution in [0.25, 0.3) is 6.08 Å². The highest BCUT2D eigenvalue weighted by molar-refractivity contribution is 9.10. The van der Waals surface area contributed by atoms with Gasteiger partial charge < -0.3 is 9.47 Å². The summed E-state index contributed by atoms with van der Waals surface area (Å²) in [5.41, 5.74) is 4.20. The number of anilines is 1. The highest BCUT2D eigenvalue weighted by atomic mass is 79.9. The summed E-state index contributed by atoms with van der Waals surface area (Å²) in [6, 6.07) is 10.1. The Morgan fingerprint density at radius 2 is 2.00 bits per heavy atom. The number of carbonyl (C=O) groups excluding carboxylic acids is 3. The standard InChI is InChI=1S/C21H18BrClN2O5/c1-3-29-19(26)11-30-18-7-5-14(22)8-13(18)9-16-20(27)24-25(21(16)28)15-6-4-12(2)17(23)10-15/h4-10H,3,11H2,1-2H3,(H,24,27)/b16-9-. The van der Waals surface area contributed by atoms with Crippen LogP contribution in [0.15, 0.2) is 46.4 Å². The average molecular weight is 494 g/mol. The first-order valence-electron chi connectivity index (χ1n) is 9.01. The molecule has 1 saturated heterocycles.